The van der Waals surface area contributed by atoms with Gasteiger partial charge in [-0.15, -0.1) is 0 Å². The predicted octanol–water partition coefficient (Wildman–Crippen LogP) is -0.775. The number of aliphatic hydroxyl groups is 3. The Hall–Kier alpha value is -2.87. The van der Waals surface area contributed by atoms with E-state index in [0.29, 0.717) is 0 Å². The largest absolute Gasteiger partial charge is 0.469 e. The van der Waals surface area contributed by atoms with Gasteiger partial charge < -0.3 is 39.0 Å². The maximum absolute atomic E-state index is 13.4. The zero-order valence-electron chi connectivity index (χ0n) is 23.2. The van der Waals surface area contributed by atoms with Gasteiger partial charge in [-0.05, 0) is 45.6 Å². The highest BCUT2D eigenvalue weighted by Gasteiger charge is 2.83. The summed E-state index contributed by atoms with van der Waals surface area (Å²) < 4.78 is 27.1. The molecule has 4 aliphatic rings. The standard InChI is InChI=1S/C27H36O13/c1-11(25(3,4)35)7-17(30)40-20-21-26-10-38-27(21,24(34)37-6)22(32)19(31)18(26)14(9-16(29)36-5)13(12(2)28)8-15(26)39-23(20)33/h7,13-15,18-22,31-32,35H,8-10H2,1-6H3. The first-order chi connectivity index (χ1) is 18.6. The van der Waals surface area contributed by atoms with Crippen LogP contribution in [0.3, 0.4) is 0 Å². The lowest BCUT2D eigenvalue weighted by Crippen LogP contribution is -2.77. The third-order valence-corrected chi connectivity index (χ3v) is 9.39. The average Bonchev–Trinajstić information content (AvgIpc) is 3.19. The predicted molar refractivity (Wildman–Crippen MR) is 131 cm³/mol. The smallest absolute Gasteiger partial charge is 0.348 e. The number of Topliss-reactive ketones (excluding diaryl/α,β-unsaturated/α-hetero) is 1. The van der Waals surface area contributed by atoms with Crippen molar-refractivity contribution >= 4 is 29.7 Å². The van der Waals surface area contributed by atoms with Crippen molar-refractivity contribution in [2.24, 2.45) is 29.1 Å². The second kappa shape index (κ2) is 10.2. The van der Waals surface area contributed by atoms with E-state index in [1.807, 2.05) is 0 Å². The van der Waals surface area contributed by atoms with E-state index in [-0.39, 0.29) is 30.8 Å². The molecule has 2 aliphatic carbocycles. The minimum absolute atomic E-state index is 0.0580. The maximum atomic E-state index is 13.4. The molecule has 222 valence electrons. The monoisotopic (exact) mass is 568 g/mol. The summed E-state index contributed by atoms with van der Waals surface area (Å²) in [5, 5.41) is 33.2. The fourth-order valence-corrected chi connectivity index (χ4v) is 7.31. The Bertz CT molecular complexity index is 1140. The number of methoxy groups -OCH3 is 2. The van der Waals surface area contributed by atoms with Crippen LogP contribution < -0.4 is 0 Å². The topological polar surface area (TPSA) is 192 Å². The van der Waals surface area contributed by atoms with Crippen LogP contribution in [0.1, 0.15) is 40.5 Å². The number of rotatable bonds is 7. The van der Waals surface area contributed by atoms with Gasteiger partial charge in [0, 0.05) is 29.7 Å². The second-order valence-corrected chi connectivity index (χ2v) is 11.7. The number of ketones is 1. The summed E-state index contributed by atoms with van der Waals surface area (Å²) in [6, 6.07) is 0. The molecule has 2 saturated carbocycles. The molecule has 13 heteroatoms. The number of carbonyl (C=O) groups is 5. The average molecular weight is 569 g/mol. The third-order valence-electron chi connectivity index (χ3n) is 9.39. The van der Waals surface area contributed by atoms with Gasteiger partial charge in [0.1, 0.15) is 18.0 Å². The minimum Gasteiger partial charge on any atom is -0.469 e. The molecule has 4 fully saturated rings. The Morgan fingerprint density at radius 3 is 2.33 bits per heavy atom. The first-order valence-corrected chi connectivity index (χ1v) is 13.1. The molecule has 2 saturated heterocycles. The minimum atomic E-state index is -2.33. The first kappa shape index (κ1) is 30.1. The number of esters is 4. The van der Waals surface area contributed by atoms with Gasteiger partial charge >= 0.3 is 23.9 Å². The van der Waals surface area contributed by atoms with Gasteiger partial charge in [0.2, 0.25) is 11.7 Å². The van der Waals surface area contributed by atoms with Crippen LogP contribution in [0.5, 0.6) is 0 Å². The quantitative estimate of drug-likeness (QED) is 0.197. The van der Waals surface area contributed by atoms with Crippen LogP contribution in [0.4, 0.5) is 0 Å². The van der Waals surface area contributed by atoms with Crippen LogP contribution in [0.25, 0.3) is 0 Å². The SMILES string of the molecule is COC(=O)CC1C(C(C)=O)CC2OC(=O)C(OC(=O)C=C(C)C(C)(C)O)C3C4(C(=O)OC)OCC23C1C(O)C4O. The van der Waals surface area contributed by atoms with Gasteiger partial charge in [0.25, 0.3) is 0 Å². The lowest BCUT2D eigenvalue weighted by molar-refractivity contribution is -0.277. The summed E-state index contributed by atoms with van der Waals surface area (Å²) in [6.07, 6.45) is -5.97. The van der Waals surface area contributed by atoms with Crippen LogP contribution >= 0.6 is 0 Å². The summed E-state index contributed by atoms with van der Waals surface area (Å²) >= 11 is 0. The third kappa shape index (κ3) is 4.25. The summed E-state index contributed by atoms with van der Waals surface area (Å²) in [5.41, 5.74) is -4.95. The number of carbonyl (C=O) groups excluding carboxylic acids is 5. The van der Waals surface area contributed by atoms with Crippen LogP contribution in [-0.4, -0.2) is 101 Å². The maximum Gasteiger partial charge on any atom is 0.348 e. The van der Waals surface area contributed by atoms with E-state index in [9.17, 15) is 39.3 Å². The van der Waals surface area contributed by atoms with Gasteiger partial charge in [0.15, 0.2) is 0 Å². The molecule has 10 atom stereocenters. The Morgan fingerprint density at radius 2 is 1.77 bits per heavy atom. The summed E-state index contributed by atoms with van der Waals surface area (Å²) in [5.74, 6) is -8.44. The van der Waals surface area contributed by atoms with Gasteiger partial charge in [-0.25, -0.2) is 14.4 Å². The molecule has 3 N–H and O–H groups in total. The van der Waals surface area contributed by atoms with Crippen molar-refractivity contribution in [2.75, 3.05) is 20.8 Å². The van der Waals surface area contributed by atoms with E-state index in [2.05, 4.69) is 0 Å². The van der Waals surface area contributed by atoms with Gasteiger partial charge in [-0.2, -0.15) is 0 Å². The van der Waals surface area contributed by atoms with Crippen molar-refractivity contribution in [3.63, 3.8) is 0 Å². The molecule has 10 unspecified atom stereocenters. The van der Waals surface area contributed by atoms with E-state index in [1.165, 1.54) is 34.8 Å². The second-order valence-electron chi connectivity index (χ2n) is 11.7. The fourth-order valence-electron chi connectivity index (χ4n) is 7.31. The van der Waals surface area contributed by atoms with Gasteiger partial charge in [-0.1, -0.05) is 0 Å². The summed E-state index contributed by atoms with van der Waals surface area (Å²) in [6.45, 7) is 5.35. The van der Waals surface area contributed by atoms with Gasteiger partial charge in [-0.3, -0.25) is 9.59 Å². The van der Waals surface area contributed by atoms with E-state index in [4.69, 9.17) is 23.7 Å². The van der Waals surface area contributed by atoms with Gasteiger partial charge in [0.05, 0.1) is 38.4 Å². The molecule has 0 radical (unpaired) electrons. The van der Waals surface area contributed by atoms with Crippen LogP contribution in [-0.2, 0) is 47.7 Å². The molecule has 0 aromatic carbocycles. The molecule has 0 aromatic heterocycles. The molecule has 0 amide bonds. The Kier molecular flexibility index (Phi) is 7.67. The highest BCUT2D eigenvalue weighted by atomic mass is 16.6. The molecule has 40 heavy (non-hydrogen) atoms. The molecule has 0 aromatic rings. The molecule has 1 spiro atoms. The zero-order valence-corrected chi connectivity index (χ0v) is 23.2. The van der Waals surface area contributed by atoms with E-state index >= 15 is 0 Å². The van der Waals surface area contributed by atoms with E-state index in [0.717, 1.165) is 13.2 Å². The van der Waals surface area contributed by atoms with Crippen LogP contribution in [0, 0.1) is 29.1 Å². The normalized spacial score (nSPS) is 40.4. The van der Waals surface area contributed by atoms with Crippen molar-refractivity contribution in [3.8, 4) is 0 Å². The molecule has 4 rings (SSSR count). The van der Waals surface area contributed by atoms with Crippen LogP contribution in [0.2, 0.25) is 0 Å². The van der Waals surface area contributed by atoms with Crippen LogP contribution in [0.15, 0.2) is 11.6 Å². The summed E-state index contributed by atoms with van der Waals surface area (Å²) in [4.78, 5) is 64.9. The van der Waals surface area contributed by atoms with Crippen molar-refractivity contribution in [1.29, 1.82) is 0 Å². The molecular weight excluding hydrogens is 532 g/mol. The van der Waals surface area contributed by atoms with E-state index in [1.54, 1.807) is 0 Å². The fraction of sp³-hybridized carbons (Fsp3) is 0.741. The highest BCUT2D eigenvalue weighted by molar-refractivity contribution is 5.90. The lowest BCUT2D eigenvalue weighted by Gasteiger charge is -2.63. The molecule has 2 heterocycles. The summed E-state index contributed by atoms with van der Waals surface area (Å²) in [7, 11) is 2.21. The van der Waals surface area contributed by atoms with E-state index < -0.39 is 88.6 Å². The molecule has 2 aliphatic heterocycles. The first-order valence-electron chi connectivity index (χ1n) is 13.1. The van der Waals surface area contributed by atoms with Crippen molar-refractivity contribution < 1.29 is 63.0 Å². The number of ether oxygens (including phenoxy) is 5. The Morgan fingerprint density at radius 1 is 1.12 bits per heavy atom. The Balaban J connectivity index is 1.90. The molecule has 2 bridgehead atoms. The lowest BCUT2D eigenvalue weighted by atomic mass is 9.43. The molecule has 13 nitrogen and oxygen atoms in total. The Labute approximate surface area is 230 Å². The van der Waals surface area contributed by atoms with Crippen molar-refractivity contribution in [3.05, 3.63) is 11.6 Å². The zero-order chi connectivity index (χ0) is 29.9. The number of hydrogen-bond acceptors (Lipinski definition) is 13. The number of hydrogen-bond donors (Lipinski definition) is 3. The van der Waals surface area contributed by atoms with Crippen molar-refractivity contribution in [2.45, 2.75) is 76.2 Å². The highest BCUT2D eigenvalue weighted by Crippen LogP contribution is 2.68. The van der Waals surface area contributed by atoms with Crippen molar-refractivity contribution in [1.82, 2.24) is 0 Å². The molecular formula is C27H36O13. The number of aliphatic hydroxyl groups excluding tert-OH is 2.